The molecular formula is C17H23NO2S. The molecule has 0 bridgehead atoms. The first-order valence-electron chi connectivity index (χ1n) is 7.12. The van der Waals surface area contributed by atoms with Crippen molar-refractivity contribution in [1.82, 2.24) is 5.32 Å². The maximum Gasteiger partial charge on any atom is 0.161 e. The average molecular weight is 305 g/mol. The fraction of sp³-hybridized carbons (Fsp3) is 0.412. The Hall–Kier alpha value is -1.52. The summed E-state index contributed by atoms with van der Waals surface area (Å²) in [6, 6.07) is 10.9. The predicted molar refractivity (Wildman–Crippen MR) is 88.6 cm³/mol. The molecule has 0 aliphatic heterocycles. The van der Waals surface area contributed by atoms with Crippen molar-refractivity contribution in [3.8, 4) is 11.5 Å². The van der Waals surface area contributed by atoms with E-state index in [1.807, 2.05) is 23.5 Å². The topological polar surface area (TPSA) is 30.5 Å². The Bertz CT molecular complexity index is 580. The van der Waals surface area contributed by atoms with Crippen LogP contribution in [0.5, 0.6) is 11.5 Å². The molecule has 0 fully saturated rings. The molecule has 1 N–H and O–H groups in total. The van der Waals surface area contributed by atoms with Gasteiger partial charge in [-0.15, -0.1) is 11.3 Å². The van der Waals surface area contributed by atoms with Gasteiger partial charge in [-0.25, -0.2) is 0 Å². The van der Waals surface area contributed by atoms with Crippen molar-refractivity contribution >= 4 is 11.3 Å². The maximum atomic E-state index is 5.33. The SMILES string of the molecule is COc1ccc(CNC(C)Cc2ccc(C)s2)cc1OC. The molecule has 0 saturated carbocycles. The summed E-state index contributed by atoms with van der Waals surface area (Å²) in [5, 5.41) is 3.56. The van der Waals surface area contributed by atoms with E-state index in [1.165, 1.54) is 15.3 Å². The van der Waals surface area contributed by atoms with Crippen molar-refractivity contribution in [3.63, 3.8) is 0 Å². The van der Waals surface area contributed by atoms with E-state index in [4.69, 9.17) is 9.47 Å². The minimum atomic E-state index is 0.441. The molecule has 0 radical (unpaired) electrons. The monoisotopic (exact) mass is 305 g/mol. The van der Waals surface area contributed by atoms with Gasteiger partial charge in [-0.3, -0.25) is 0 Å². The molecule has 114 valence electrons. The van der Waals surface area contributed by atoms with Gasteiger partial charge < -0.3 is 14.8 Å². The zero-order chi connectivity index (χ0) is 15.2. The number of nitrogens with one attached hydrogen (secondary N) is 1. The Morgan fingerprint density at radius 1 is 1.10 bits per heavy atom. The lowest BCUT2D eigenvalue weighted by Crippen LogP contribution is -2.27. The Morgan fingerprint density at radius 3 is 2.48 bits per heavy atom. The standard InChI is InChI=1S/C17H23NO2S/c1-12(9-15-7-5-13(2)21-15)18-11-14-6-8-16(19-3)17(10-14)20-4/h5-8,10,12,18H,9,11H2,1-4H3. The second-order valence-corrected chi connectivity index (χ2v) is 6.56. The van der Waals surface area contributed by atoms with E-state index in [0.29, 0.717) is 6.04 Å². The van der Waals surface area contributed by atoms with E-state index in [2.05, 4.69) is 37.4 Å². The van der Waals surface area contributed by atoms with Crippen LogP contribution < -0.4 is 14.8 Å². The quantitative estimate of drug-likeness (QED) is 0.844. The summed E-state index contributed by atoms with van der Waals surface area (Å²) in [6.45, 7) is 5.19. The third-order valence-electron chi connectivity index (χ3n) is 3.41. The fourth-order valence-corrected chi connectivity index (χ4v) is 3.27. The molecule has 0 aliphatic carbocycles. The van der Waals surface area contributed by atoms with E-state index in [1.54, 1.807) is 14.2 Å². The lowest BCUT2D eigenvalue weighted by Gasteiger charge is -2.14. The van der Waals surface area contributed by atoms with E-state index >= 15 is 0 Å². The van der Waals surface area contributed by atoms with Gasteiger partial charge in [0.05, 0.1) is 14.2 Å². The first-order valence-corrected chi connectivity index (χ1v) is 7.93. The number of thiophene rings is 1. The average Bonchev–Trinajstić information content (AvgIpc) is 2.89. The molecule has 0 amide bonds. The summed E-state index contributed by atoms with van der Waals surface area (Å²) in [5.74, 6) is 1.54. The summed E-state index contributed by atoms with van der Waals surface area (Å²) in [4.78, 5) is 2.80. The number of rotatable bonds is 7. The molecular weight excluding hydrogens is 282 g/mol. The molecule has 2 rings (SSSR count). The highest BCUT2D eigenvalue weighted by molar-refractivity contribution is 7.11. The van der Waals surface area contributed by atoms with Crippen LogP contribution in [-0.4, -0.2) is 20.3 Å². The third-order valence-corrected chi connectivity index (χ3v) is 4.43. The molecule has 1 aromatic heterocycles. The molecule has 4 heteroatoms. The Labute approximate surface area is 130 Å². The van der Waals surface area contributed by atoms with Gasteiger partial charge >= 0.3 is 0 Å². The van der Waals surface area contributed by atoms with E-state index < -0.39 is 0 Å². The third kappa shape index (κ3) is 4.48. The van der Waals surface area contributed by atoms with Crippen LogP contribution in [0.15, 0.2) is 30.3 Å². The van der Waals surface area contributed by atoms with E-state index in [0.717, 1.165) is 24.5 Å². The molecule has 21 heavy (non-hydrogen) atoms. The molecule has 0 spiro atoms. The Balaban J connectivity index is 1.90. The van der Waals surface area contributed by atoms with Gasteiger partial charge in [0.2, 0.25) is 0 Å². The highest BCUT2D eigenvalue weighted by atomic mass is 32.1. The smallest absolute Gasteiger partial charge is 0.161 e. The van der Waals surface area contributed by atoms with Crippen molar-refractivity contribution in [2.24, 2.45) is 0 Å². The second kappa shape index (κ2) is 7.48. The van der Waals surface area contributed by atoms with E-state index in [-0.39, 0.29) is 0 Å². The molecule has 2 aromatic rings. The summed E-state index contributed by atoms with van der Waals surface area (Å²) in [6.07, 6.45) is 1.06. The number of ether oxygens (including phenoxy) is 2. The minimum Gasteiger partial charge on any atom is -0.493 e. The van der Waals surface area contributed by atoms with Crippen LogP contribution >= 0.6 is 11.3 Å². The summed E-state index contributed by atoms with van der Waals surface area (Å²) in [5.41, 5.74) is 1.20. The van der Waals surface area contributed by atoms with E-state index in [9.17, 15) is 0 Å². The van der Waals surface area contributed by atoms with Gasteiger partial charge in [0.15, 0.2) is 11.5 Å². The number of aryl methyl sites for hydroxylation is 1. The van der Waals surface area contributed by atoms with Crippen molar-refractivity contribution in [3.05, 3.63) is 45.6 Å². The van der Waals surface area contributed by atoms with Gasteiger partial charge in [-0.1, -0.05) is 6.07 Å². The number of methoxy groups -OCH3 is 2. The minimum absolute atomic E-state index is 0.441. The summed E-state index contributed by atoms with van der Waals surface area (Å²) < 4.78 is 10.6. The number of hydrogen-bond acceptors (Lipinski definition) is 4. The first-order chi connectivity index (χ1) is 10.1. The highest BCUT2D eigenvalue weighted by Crippen LogP contribution is 2.27. The zero-order valence-corrected chi connectivity index (χ0v) is 13.9. The normalized spacial score (nSPS) is 12.2. The van der Waals surface area contributed by atoms with Crippen molar-refractivity contribution < 1.29 is 9.47 Å². The van der Waals surface area contributed by atoms with Gasteiger partial charge in [0.25, 0.3) is 0 Å². The molecule has 1 heterocycles. The molecule has 1 atom stereocenters. The van der Waals surface area contributed by atoms with Gasteiger partial charge in [0.1, 0.15) is 0 Å². The fourth-order valence-electron chi connectivity index (χ4n) is 2.25. The molecule has 0 saturated heterocycles. The second-order valence-electron chi connectivity index (χ2n) is 5.19. The first kappa shape index (κ1) is 15.9. The maximum absolute atomic E-state index is 5.33. The van der Waals surface area contributed by atoms with Crippen LogP contribution in [0.4, 0.5) is 0 Å². The van der Waals surface area contributed by atoms with Gasteiger partial charge in [0, 0.05) is 22.3 Å². The van der Waals surface area contributed by atoms with Crippen LogP contribution in [0, 0.1) is 6.92 Å². The predicted octanol–water partition coefficient (Wildman–Crippen LogP) is 3.79. The largest absolute Gasteiger partial charge is 0.493 e. The van der Waals surface area contributed by atoms with Crippen molar-refractivity contribution in [2.45, 2.75) is 32.9 Å². The Kier molecular flexibility index (Phi) is 5.65. The van der Waals surface area contributed by atoms with Crippen LogP contribution in [0.2, 0.25) is 0 Å². The van der Waals surface area contributed by atoms with Crippen LogP contribution in [0.1, 0.15) is 22.2 Å². The van der Waals surface area contributed by atoms with Crippen molar-refractivity contribution in [1.29, 1.82) is 0 Å². The van der Waals surface area contributed by atoms with Crippen LogP contribution in [0.25, 0.3) is 0 Å². The van der Waals surface area contributed by atoms with Gasteiger partial charge in [-0.05, 0) is 50.1 Å². The molecule has 1 unspecified atom stereocenters. The molecule has 3 nitrogen and oxygen atoms in total. The summed E-state index contributed by atoms with van der Waals surface area (Å²) >= 11 is 1.87. The number of hydrogen-bond donors (Lipinski definition) is 1. The highest BCUT2D eigenvalue weighted by Gasteiger charge is 2.07. The molecule has 0 aliphatic rings. The number of benzene rings is 1. The van der Waals surface area contributed by atoms with Crippen LogP contribution in [-0.2, 0) is 13.0 Å². The van der Waals surface area contributed by atoms with Gasteiger partial charge in [-0.2, -0.15) is 0 Å². The van der Waals surface area contributed by atoms with Crippen molar-refractivity contribution in [2.75, 3.05) is 14.2 Å². The molecule has 1 aromatic carbocycles. The Morgan fingerprint density at radius 2 is 1.86 bits per heavy atom. The summed E-state index contributed by atoms with van der Waals surface area (Å²) in [7, 11) is 3.32. The lowest BCUT2D eigenvalue weighted by atomic mass is 10.1. The van der Waals surface area contributed by atoms with Crippen LogP contribution in [0.3, 0.4) is 0 Å². The lowest BCUT2D eigenvalue weighted by molar-refractivity contribution is 0.354. The zero-order valence-electron chi connectivity index (χ0n) is 13.1.